The van der Waals surface area contributed by atoms with Crippen molar-refractivity contribution in [2.24, 2.45) is 5.92 Å². The SMILES string of the molecule is C#Cc1ccc(CNC(=O)C2CCCN2C(=O)CC(C)C)cc1. The molecule has 23 heavy (non-hydrogen) atoms. The lowest BCUT2D eigenvalue weighted by atomic mass is 10.1. The molecule has 1 heterocycles. The number of amides is 2. The Balaban J connectivity index is 1.91. The van der Waals surface area contributed by atoms with Gasteiger partial charge in [0.1, 0.15) is 6.04 Å². The zero-order valence-corrected chi connectivity index (χ0v) is 13.8. The number of carbonyl (C=O) groups is 2. The van der Waals surface area contributed by atoms with Gasteiger partial charge in [0, 0.05) is 25.1 Å². The summed E-state index contributed by atoms with van der Waals surface area (Å²) in [6.45, 7) is 5.17. The topological polar surface area (TPSA) is 49.4 Å². The maximum Gasteiger partial charge on any atom is 0.243 e. The summed E-state index contributed by atoms with van der Waals surface area (Å²) in [6, 6.07) is 7.20. The van der Waals surface area contributed by atoms with E-state index in [0.29, 0.717) is 25.4 Å². The third-order valence-corrected chi connectivity index (χ3v) is 4.05. The van der Waals surface area contributed by atoms with Crippen molar-refractivity contribution in [2.75, 3.05) is 6.54 Å². The molecular formula is C19H24N2O2. The molecule has 122 valence electrons. The van der Waals surface area contributed by atoms with Crippen molar-refractivity contribution in [3.63, 3.8) is 0 Å². The molecule has 0 radical (unpaired) electrons. The second kappa shape index (κ2) is 7.82. The molecule has 0 bridgehead atoms. The van der Waals surface area contributed by atoms with Gasteiger partial charge in [-0.2, -0.15) is 0 Å². The molecule has 1 fully saturated rings. The Bertz CT molecular complexity index is 599. The van der Waals surface area contributed by atoms with Crippen LogP contribution in [0.4, 0.5) is 0 Å². The van der Waals surface area contributed by atoms with Crippen LogP contribution in [-0.4, -0.2) is 29.3 Å². The normalized spacial score (nSPS) is 17.1. The second-order valence-electron chi connectivity index (χ2n) is 6.40. The van der Waals surface area contributed by atoms with Crippen LogP contribution in [-0.2, 0) is 16.1 Å². The van der Waals surface area contributed by atoms with Crippen LogP contribution in [0.5, 0.6) is 0 Å². The average Bonchev–Trinajstić information content (AvgIpc) is 3.02. The molecule has 1 saturated heterocycles. The van der Waals surface area contributed by atoms with Gasteiger partial charge in [-0.25, -0.2) is 0 Å². The van der Waals surface area contributed by atoms with Gasteiger partial charge in [-0.3, -0.25) is 9.59 Å². The zero-order valence-electron chi connectivity index (χ0n) is 13.8. The number of likely N-dealkylation sites (tertiary alicyclic amines) is 1. The van der Waals surface area contributed by atoms with Crippen LogP contribution in [0.25, 0.3) is 0 Å². The minimum absolute atomic E-state index is 0.0689. The second-order valence-corrected chi connectivity index (χ2v) is 6.40. The van der Waals surface area contributed by atoms with Crippen molar-refractivity contribution in [3.05, 3.63) is 35.4 Å². The van der Waals surface area contributed by atoms with Crippen molar-refractivity contribution < 1.29 is 9.59 Å². The summed E-state index contributed by atoms with van der Waals surface area (Å²) in [5.41, 5.74) is 1.82. The summed E-state index contributed by atoms with van der Waals surface area (Å²) in [6.07, 6.45) is 7.45. The van der Waals surface area contributed by atoms with Crippen LogP contribution in [0.1, 0.15) is 44.2 Å². The predicted octanol–water partition coefficient (Wildman–Crippen LogP) is 2.32. The highest BCUT2D eigenvalue weighted by atomic mass is 16.2. The Labute approximate surface area is 138 Å². The number of nitrogens with one attached hydrogen (secondary N) is 1. The van der Waals surface area contributed by atoms with Gasteiger partial charge in [-0.15, -0.1) is 6.42 Å². The first-order valence-electron chi connectivity index (χ1n) is 8.14. The molecule has 4 heteroatoms. The monoisotopic (exact) mass is 312 g/mol. The standard InChI is InChI=1S/C19H24N2O2/c1-4-15-7-9-16(10-8-15)13-20-19(23)17-6-5-11-21(17)18(22)12-14(2)3/h1,7-10,14,17H,5-6,11-13H2,2-3H3,(H,20,23). The molecule has 2 rings (SSSR count). The van der Waals surface area contributed by atoms with Crippen LogP contribution in [0.15, 0.2) is 24.3 Å². The first-order valence-corrected chi connectivity index (χ1v) is 8.14. The minimum Gasteiger partial charge on any atom is -0.350 e. The zero-order chi connectivity index (χ0) is 16.8. The average molecular weight is 312 g/mol. The number of rotatable bonds is 5. The van der Waals surface area contributed by atoms with E-state index in [2.05, 4.69) is 11.2 Å². The maximum absolute atomic E-state index is 12.4. The van der Waals surface area contributed by atoms with E-state index in [1.165, 1.54) is 0 Å². The molecule has 0 aromatic heterocycles. The van der Waals surface area contributed by atoms with Crippen molar-refractivity contribution in [3.8, 4) is 12.3 Å². The Morgan fingerprint density at radius 2 is 2.04 bits per heavy atom. The van der Waals surface area contributed by atoms with E-state index in [-0.39, 0.29) is 17.9 Å². The molecule has 0 aliphatic carbocycles. The fourth-order valence-electron chi connectivity index (χ4n) is 2.83. The number of carbonyl (C=O) groups excluding carboxylic acids is 2. The van der Waals surface area contributed by atoms with Crippen molar-refractivity contribution in [2.45, 2.75) is 45.7 Å². The summed E-state index contributed by atoms with van der Waals surface area (Å²) in [7, 11) is 0. The van der Waals surface area contributed by atoms with Gasteiger partial charge in [0.2, 0.25) is 11.8 Å². The molecule has 0 saturated carbocycles. The Kier molecular flexibility index (Phi) is 5.81. The quantitative estimate of drug-likeness (QED) is 0.848. The molecular weight excluding hydrogens is 288 g/mol. The highest BCUT2D eigenvalue weighted by molar-refractivity contribution is 5.88. The Morgan fingerprint density at radius 3 is 2.65 bits per heavy atom. The van der Waals surface area contributed by atoms with E-state index in [4.69, 9.17) is 6.42 Å². The Hall–Kier alpha value is -2.28. The first-order chi connectivity index (χ1) is 11.0. The van der Waals surface area contributed by atoms with Gasteiger partial charge >= 0.3 is 0 Å². The third kappa shape index (κ3) is 4.59. The molecule has 1 aliphatic rings. The van der Waals surface area contributed by atoms with E-state index in [9.17, 15) is 9.59 Å². The molecule has 1 atom stereocenters. The van der Waals surface area contributed by atoms with Crippen LogP contribution >= 0.6 is 0 Å². The summed E-state index contributed by atoms with van der Waals surface area (Å²) < 4.78 is 0. The van der Waals surface area contributed by atoms with Crippen LogP contribution in [0, 0.1) is 18.3 Å². The van der Waals surface area contributed by atoms with E-state index in [1.807, 2.05) is 38.1 Å². The largest absolute Gasteiger partial charge is 0.350 e. The van der Waals surface area contributed by atoms with Gasteiger partial charge in [-0.05, 0) is 36.5 Å². The highest BCUT2D eigenvalue weighted by Crippen LogP contribution is 2.20. The molecule has 2 amide bonds. The van der Waals surface area contributed by atoms with E-state index < -0.39 is 0 Å². The highest BCUT2D eigenvalue weighted by Gasteiger charge is 2.33. The van der Waals surface area contributed by atoms with Gasteiger partial charge in [0.05, 0.1) is 0 Å². The minimum atomic E-state index is -0.328. The lowest BCUT2D eigenvalue weighted by Crippen LogP contribution is -2.46. The number of terminal acetylenes is 1. The number of benzene rings is 1. The predicted molar refractivity (Wildman–Crippen MR) is 90.4 cm³/mol. The van der Waals surface area contributed by atoms with Crippen molar-refractivity contribution in [1.82, 2.24) is 10.2 Å². The lowest BCUT2D eigenvalue weighted by Gasteiger charge is -2.24. The molecule has 1 aromatic rings. The first kappa shape index (κ1) is 17.1. The number of hydrogen-bond donors (Lipinski definition) is 1. The smallest absolute Gasteiger partial charge is 0.243 e. The molecule has 1 N–H and O–H groups in total. The van der Waals surface area contributed by atoms with Gasteiger partial charge < -0.3 is 10.2 Å². The fourth-order valence-corrected chi connectivity index (χ4v) is 2.83. The maximum atomic E-state index is 12.4. The van der Waals surface area contributed by atoms with Gasteiger partial charge in [0.25, 0.3) is 0 Å². The van der Waals surface area contributed by atoms with Crippen LogP contribution < -0.4 is 5.32 Å². The van der Waals surface area contributed by atoms with Crippen molar-refractivity contribution in [1.29, 1.82) is 0 Å². The van der Waals surface area contributed by atoms with E-state index in [0.717, 1.165) is 24.0 Å². The Morgan fingerprint density at radius 1 is 1.35 bits per heavy atom. The summed E-state index contributed by atoms with van der Waals surface area (Å²) in [5, 5.41) is 2.93. The lowest BCUT2D eigenvalue weighted by molar-refractivity contribution is -0.139. The summed E-state index contributed by atoms with van der Waals surface area (Å²) in [4.78, 5) is 26.4. The molecule has 0 spiro atoms. The summed E-state index contributed by atoms with van der Waals surface area (Å²) >= 11 is 0. The van der Waals surface area contributed by atoms with E-state index >= 15 is 0 Å². The van der Waals surface area contributed by atoms with Gasteiger partial charge in [-0.1, -0.05) is 31.9 Å². The number of nitrogens with zero attached hydrogens (tertiary/aromatic N) is 1. The van der Waals surface area contributed by atoms with Crippen LogP contribution in [0.3, 0.4) is 0 Å². The van der Waals surface area contributed by atoms with E-state index in [1.54, 1.807) is 4.90 Å². The number of hydrogen-bond acceptors (Lipinski definition) is 2. The van der Waals surface area contributed by atoms with Gasteiger partial charge in [0.15, 0.2) is 0 Å². The van der Waals surface area contributed by atoms with Crippen LogP contribution in [0.2, 0.25) is 0 Å². The summed E-state index contributed by atoms with van der Waals surface area (Å²) in [5.74, 6) is 2.88. The fraction of sp³-hybridized carbons (Fsp3) is 0.474. The third-order valence-electron chi connectivity index (χ3n) is 4.05. The molecule has 1 unspecified atom stereocenters. The molecule has 1 aliphatic heterocycles. The molecule has 1 aromatic carbocycles. The van der Waals surface area contributed by atoms with Crippen molar-refractivity contribution >= 4 is 11.8 Å². The molecule has 4 nitrogen and oxygen atoms in total.